The molecule has 0 aliphatic carbocycles. The lowest BCUT2D eigenvalue weighted by Gasteiger charge is -2.09. The van der Waals surface area contributed by atoms with E-state index in [0.29, 0.717) is 12.4 Å². The summed E-state index contributed by atoms with van der Waals surface area (Å²) in [6, 6.07) is 0. The number of amides is 1. The van der Waals surface area contributed by atoms with Crippen LogP contribution in [0, 0.1) is 0 Å². The van der Waals surface area contributed by atoms with Gasteiger partial charge in [0.25, 0.3) is 5.91 Å². The second kappa shape index (κ2) is 6.77. The number of anilines is 1. The van der Waals surface area contributed by atoms with Crippen molar-refractivity contribution in [2.45, 2.75) is 6.42 Å². The summed E-state index contributed by atoms with van der Waals surface area (Å²) in [6.45, 7) is 1.55. The maximum Gasteiger partial charge on any atom is 0.271 e. The van der Waals surface area contributed by atoms with Crippen LogP contribution in [0.25, 0.3) is 0 Å². The summed E-state index contributed by atoms with van der Waals surface area (Å²) in [5, 5.41) is 2.77. The average molecular weight is 238 g/mol. The van der Waals surface area contributed by atoms with Crippen molar-refractivity contribution in [3.8, 4) is 0 Å². The number of nitrogens with two attached hydrogens (primary N) is 1. The number of hydrazine groups is 1. The van der Waals surface area contributed by atoms with Crippen LogP contribution in [0.15, 0.2) is 12.4 Å². The number of rotatable bonds is 6. The molecule has 0 saturated heterocycles. The fourth-order valence-electron chi connectivity index (χ4n) is 1.21. The van der Waals surface area contributed by atoms with Gasteiger partial charge in [-0.25, -0.2) is 15.8 Å². The molecule has 0 unspecified atom stereocenters. The Labute approximate surface area is 100 Å². The highest BCUT2D eigenvalue weighted by molar-refractivity contribution is 5.91. The van der Waals surface area contributed by atoms with Gasteiger partial charge in [-0.1, -0.05) is 0 Å². The molecule has 0 fully saturated rings. The number of carbonyl (C=O) groups excluding carboxylic acids is 1. The van der Waals surface area contributed by atoms with E-state index in [9.17, 15) is 4.79 Å². The molecule has 7 nitrogen and oxygen atoms in total. The minimum absolute atomic E-state index is 0.222. The standard InChI is InChI=1S/C10H18N6O/c1-16(2)5-3-4-12-10(17)8-6-14-9(15-11)7-13-8/h6-7H,3-5,11H2,1-2H3,(H,12,17)(H,14,15). The van der Waals surface area contributed by atoms with Crippen LogP contribution in [0.4, 0.5) is 5.82 Å². The second-order valence-corrected chi connectivity index (χ2v) is 3.84. The van der Waals surface area contributed by atoms with Crippen molar-refractivity contribution in [3.63, 3.8) is 0 Å². The van der Waals surface area contributed by atoms with Gasteiger partial charge in [0.15, 0.2) is 5.82 Å². The highest BCUT2D eigenvalue weighted by atomic mass is 16.1. The maximum atomic E-state index is 11.6. The zero-order valence-corrected chi connectivity index (χ0v) is 10.1. The van der Waals surface area contributed by atoms with Gasteiger partial charge in [0.1, 0.15) is 5.69 Å². The number of hydrogen-bond acceptors (Lipinski definition) is 6. The van der Waals surface area contributed by atoms with E-state index in [1.54, 1.807) is 0 Å². The number of hydrogen-bond donors (Lipinski definition) is 3. The van der Waals surface area contributed by atoms with Gasteiger partial charge in [0.2, 0.25) is 0 Å². The molecule has 4 N–H and O–H groups in total. The lowest BCUT2D eigenvalue weighted by Crippen LogP contribution is -2.28. The van der Waals surface area contributed by atoms with Gasteiger partial charge < -0.3 is 15.6 Å². The molecular weight excluding hydrogens is 220 g/mol. The molecule has 0 bridgehead atoms. The summed E-state index contributed by atoms with van der Waals surface area (Å²) in [7, 11) is 3.98. The van der Waals surface area contributed by atoms with E-state index in [1.807, 2.05) is 14.1 Å². The third-order valence-corrected chi connectivity index (χ3v) is 2.10. The molecule has 7 heteroatoms. The molecule has 0 aromatic carbocycles. The van der Waals surface area contributed by atoms with Crippen LogP contribution in [-0.2, 0) is 0 Å². The van der Waals surface area contributed by atoms with Gasteiger partial charge in [-0.3, -0.25) is 4.79 Å². The quantitative estimate of drug-likeness (QED) is 0.349. The first kappa shape index (κ1) is 13.3. The lowest BCUT2D eigenvalue weighted by molar-refractivity contribution is 0.0947. The Morgan fingerprint density at radius 1 is 1.41 bits per heavy atom. The molecule has 94 valence electrons. The molecular formula is C10H18N6O. The summed E-state index contributed by atoms with van der Waals surface area (Å²) in [6.07, 6.45) is 3.69. The molecule has 1 heterocycles. The van der Waals surface area contributed by atoms with Crippen LogP contribution in [0.3, 0.4) is 0 Å². The predicted molar refractivity (Wildman–Crippen MR) is 65.3 cm³/mol. The summed E-state index contributed by atoms with van der Waals surface area (Å²) in [5.74, 6) is 5.35. The van der Waals surface area contributed by atoms with Crippen LogP contribution in [-0.4, -0.2) is 48.0 Å². The van der Waals surface area contributed by atoms with Gasteiger partial charge >= 0.3 is 0 Å². The minimum Gasteiger partial charge on any atom is -0.351 e. The van der Waals surface area contributed by atoms with E-state index >= 15 is 0 Å². The number of nitrogens with one attached hydrogen (secondary N) is 2. The SMILES string of the molecule is CN(C)CCCNC(=O)c1cnc(NN)cn1. The Kier molecular flexibility index (Phi) is 5.31. The first-order valence-electron chi connectivity index (χ1n) is 5.35. The first-order chi connectivity index (χ1) is 8.13. The smallest absolute Gasteiger partial charge is 0.271 e. The fraction of sp³-hybridized carbons (Fsp3) is 0.500. The second-order valence-electron chi connectivity index (χ2n) is 3.84. The van der Waals surface area contributed by atoms with Crippen molar-refractivity contribution in [1.82, 2.24) is 20.2 Å². The van der Waals surface area contributed by atoms with Gasteiger partial charge in [-0.15, -0.1) is 0 Å². The summed E-state index contributed by atoms with van der Waals surface area (Å²) in [5.41, 5.74) is 2.63. The van der Waals surface area contributed by atoms with Crippen molar-refractivity contribution in [2.75, 3.05) is 32.6 Å². The normalized spacial score (nSPS) is 10.4. The molecule has 0 aliphatic rings. The average Bonchev–Trinajstić information content (AvgIpc) is 2.34. The number of nitrogen functional groups attached to an aromatic ring is 1. The Balaban J connectivity index is 2.36. The van der Waals surface area contributed by atoms with Crippen LogP contribution in [0.5, 0.6) is 0 Å². The Bertz CT molecular complexity index is 350. The highest BCUT2D eigenvalue weighted by Gasteiger charge is 2.06. The van der Waals surface area contributed by atoms with Crippen LogP contribution in [0.2, 0.25) is 0 Å². The van der Waals surface area contributed by atoms with Crippen molar-refractivity contribution in [2.24, 2.45) is 5.84 Å². The van der Waals surface area contributed by atoms with E-state index < -0.39 is 0 Å². The van der Waals surface area contributed by atoms with E-state index in [2.05, 4.69) is 25.6 Å². The zero-order valence-electron chi connectivity index (χ0n) is 10.1. The van der Waals surface area contributed by atoms with Gasteiger partial charge in [0, 0.05) is 6.54 Å². The Hall–Kier alpha value is -1.73. The van der Waals surface area contributed by atoms with Gasteiger partial charge in [0.05, 0.1) is 12.4 Å². The van der Waals surface area contributed by atoms with Crippen molar-refractivity contribution in [1.29, 1.82) is 0 Å². The summed E-state index contributed by atoms with van der Waals surface area (Å²) in [4.78, 5) is 21.5. The number of aromatic nitrogens is 2. The Morgan fingerprint density at radius 2 is 2.18 bits per heavy atom. The van der Waals surface area contributed by atoms with Crippen LogP contribution >= 0.6 is 0 Å². The number of carbonyl (C=O) groups is 1. The molecule has 17 heavy (non-hydrogen) atoms. The van der Waals surface area contributed by atoms with Crippen molar-refractivity contribution >= 4 is 11.7 Å². The van der Waals surface area contributed by atoms with E-state index in [1.165, 1.54) is 12.4 Å². The summed E-state index contributed by atoms with van der Waals surface area (Å²) >= 11 is 0. The molecule has 0 aliphatic heterocycles. The van der Waals surface area contributed by atoms with Crippen LogP contribution in [0.1, 0.15) is 16.9 Å². The monoisotopic (exact) mass is 238 g/mol. The van der Waals surface area contributed by atoms with Crippen LogP contribution < -0.4 is 16.6 Å². The predicted octanol–water partition coefficient (Wildman–Crippen LogP) is -0.556. The topological polar surface area (TPSA) is 96.2 Å². The third-order valence-electron chi connectivity index (χ3n) is 2.10. The van der Waals surface area contributed by atoms with E-state index in [-0.39, 0.29) is 11.6 Å². The molecule has 0 spiro atoms. The highest BCUT2D eigenvalue weighted by Crippen LogP contribution is 1.98. The van der Waals surface area contributed by atoms with E-state index in [0.717, 1.165) is 13.0 Å². The fourth-order valence-corrected chi connectivity index (χ4v) is 1.21. The number of nitrogens with zero attached hydrogens (tertiary/aromatic N) is 3. The lowest BCUT2D eigenvalue weighted by atomic mass is 10.3. The Morgan fingerprint density at radius 3 is 2.71 bits per heavy atom. The molecule has 1 aromatic rings. The molecule has 0 saturated carbocycles. The van der Waals surface area contributed by atoms with Crippen molar-refractivity contribution < 1.29 is 4.79 Å². The maximum absolute atomic E-state index is 11.6. The van der Waals surface area contributed by atoms with E-state index in [4.69, 9.17) is 5.84 Å². The van der Waals surface area contributed by atoms with Gasteiger partial charge in [-0.2, -0.15) is 0 Å². The molecule has 1 aromatic heterocycles. The third kappa shape index (κ3) is 4.75. The molecule has 0 radical (unpaired) electrons. The van der Waals surface area contributed by atoms with Crippen molar-refractivity contribution in [3.05, 3.63) is 18.1 Å². The molecule has 1 amide bonds. The largest absolute Gasteiger partial charge is 0.351 e. The zero-order chi connectivity index (χ0) is 12.7. The minimum atomic E-state index is -0.222. The van der Waals surface area contributed by atoms with Gasteiger partial charge in [-0.05, 0) is 27.1 Å². The first-order valence-corrected chi connectivity index (χ1v) is 5.35. The molecule has 0 atom stereocenters. The molecule has 1 rings (SSSR count). The summed E-state index contributed by atoms with van der Waals surface area (Å²) < 4.78 is 0.